The van der Waals surface area contributed by atoms with Gasteiger partial charge in [-0.25, -0.2) is 4.98 Å². The third kappa shape index (κ3) is 2.59. The first-order chi connectivity index (χ1) is 9.02. The number of nitrogens with one attached hydrogen (secondary N) is 1. The second-order valence-corrected chi connectivity index (χ2v) is 4.45. The van der Waals surface area contributed by atoms with Crippen LogP contribution < -0.4 is 4.74 Å². The summed E-state index contributed by atoms with van der Waals surface area (Å²) < 4.78 is 5.31. The number of ether oxygens (including phenoxy) is 1. The molecule has 2 aromatic rings. The van der Waals surface area contributed by atoms with E-state index >= 15 is 0 Å². The summed E-state index contributed by atoms with van der Waals surface area (Å²) in [6, 6.07) is 5.81. The Morgan fingerprint density at radius 2 is 2.21 bits per heavy atom. The van der Waals surface area contributed by atoms with Crippen LogP contribution in [0, 0.1) is 6.92 Å². The van der Waals surface area contributed by atoms with Gasteiger partial charge in [0.1, 0.15) is 17.5 Å². The highest BCUT2D eigenvalue weighted by Gasteiger charge is 2.18. The lowest BCUT2D eigenvalue weighted by Gasteiger charge is -2.07. The number of aromatic amines is 1. The monoisotopic (exact) mass is 260 g/mol. The van der Waals surface area contributed by atoms with Crippen LogP contribution in [0.25, 0.3) is 11.3 Å². The minimum Gasteiger partial charge on any atom is -0.496 e. The Morgan fingerprint density at radius 3 is 2.84 bits per heavy atom. The molecule has 0 radical (unpaired) electrons. The Balaban J connectivity index is 2.43. The average Bonchev–Trinajstić information content (AvgIpc) is 2.87. The summed E-state index contributed by atoms with van der Waals surface area (Å²) in [7, 11) is 1.60. The summed E-state index contributed by atoms with van der Waals surface area (Å²) in [6.45, 7) is 3.58. The molecule has 1 aromatic heterocycles. The van der Waals surface area contributed by atoms with Crippen molar-refractivity contribution in [2.45, 2.75) is 19.8 Å². The van der Waals surface area contributed by atoms with E-state index in [-0.39, 0.29) is 0 Å². The molecule has 0 saturated carbocycles. The summed E-state index contributed by atoms with van der Waals surface area (Å²) in [5, 5.41) is 8.98. The molecule has 0 saturated heterocycles. The standard InChI is InChI=1S/C14H16N2O3/c1-8-4-5-12(19-3)10(6-8)11-7-15-13(16-11)9(2)14(17)18/h4-7,9H,1-3H3,(H,15,16)(H,17,18). The van der Waals surface area contributed by atoms with Crippen molar-refractivity contribution in [3.05, 3.63) is 35.8 Å². The van der Waals surface area contributed by atoms with E-state index in [0.717, 1.165) is 22.6 Å². The number of nitrogens with zero attached hydrogens (tertiary/aromatic N) is 1. The highest BCUT2D eigenvalue weighted by molar-refractivity contribution is 5.75. The lowest BCUT2D eigenvalue weighted by molar-refractivity contribution is -0.138. The Bertz CT molecular complexity index is 604. The summed E-state index contributed by atoms with van der Waals surface area (Å²) >= 11 is 0. The Morgan fingerprint density at radius 1 is 1.47 bits per heavy atom. The molecule has 0 bridgehead atoms. The fourth-order valence-corrected chi connectivity index (χ4v) is 1.84. The minimum absolute atomic E-state index is 0.436. The molecule has 0 aliphatic carbocycles. The van der Waals surface area contributed by atoms with E-state index in [1.165, 1.54) is 0 Å². The molecule has 2 rings (SSSR count). The number of carboxylic acid groups (broad SMARTS) is 1. The highest BCUT2D eigenvalue weighted by Crippen LogP contribution is 2.30. The summed E-state index contributed by atoms with van der Waals surface area (Å²) in [6.07, 6.45) is 1.63. The van der Waals surface area contributed by atoms with Gasteiger partial charge >= 0.3 is 5.97 Å². The maximum absolute atomic E-state index is 10.9. The number of aliphatic carboxylic acids is 1. The largest absolute Gasteiger partial charge is 0.496 e. The summed E-state index contributed by atoms with van der Waals surface area (Å²) in [4.78, 5) is 18.1. The SMILES string of the molecule is COc1ccc(C)cc1-c1cnc(C(C)C(=O)O)[nH]1. The number of hydrogen-bond acceptors (Lipinski definition) is 3. The molecule has 0 aliphatic heterocycles. The Labute approximate surface area is 111 Å². The smallest absolute Gasteiger partial charge is 0.313 e. The van der Waals surface area contributed by atoms with E-state index in [0.29, 0.717) is 5.82 Å². The molecule has 19 heavy (non-hydrogen) atoms. The number of rotatable bonds is 4. The zero-order valence-electron chi connectivity index (χ0n) is 11.1. The lowest BCUT2D eigenvalue weighted by atomic mass is 10.1. The zero-order chi connectivity index (χ0) is 14.0. The number of methoxy groups -OCH3 is 1. The van der Waals surface area contributed by atoms with Gasteiger partial charge in [0.2, 0.25) is 0 Å². The minimum atomic E-state index is -0.905. The van der Waals surface area contributed by atoms with E-state index in [4.69, 9.17) is 9.84 Å². The van der Waals surface area contributed by atoms with Gasteiger partial charge < -0.3 is 14.8 Å². The quantitative estimate of drug-likeness (QED) is 0.886. The van der Waals surface area contributed by atoms with Crippen LogP contribution in [0.1, 0.15) is 24.2 Å². The molecule has 1 atom stereocenters. The Hall–Kier alpha value is -2.30. The molecule has 0 amide bonds. The van der Waals surface area contributed by atoms with Gasteiger partial charge in [-0.15, -0.1) is 0 Å². The number of aryl methyl sites for hydroxylation is 1. The summed E-state index contributed by atoms with van der Waals surface area (Å²) in [5.74, 6) is -0.406. The average molecular weight is 260 g/mol. The van der Waals surface area contributed by atoms with E-state index in [9.17, 15) is 4.79 Å². The van der Waals surface area contributed by atoms with Crippen molar-refractivity contribution >= 4 is 5.97 Å². The molecular weight excluding hydrogens is 244 g/mol. The second kappa shape index (κ2) is 5.14. The van der Waals surface area contributed by atoms with Crippen molar-refractivity contribution in [2.24, 2.45) is 0 Å². The number of carboxylic acids is 1. The van der Waals surface area contributed by atoms with Crippen molar-refractivity contribution in [3.63, 3.8) is 0 Å². The van der Waals surface area contributed by atoms with Crippen molar-refractivity contribution in [3.8, 4) is 17.0 Å². The van der Waals surface area contributed by atoms with Crippen molar-refractivity contribution in [1.29, 1.82) is 0 Å². The third-order valence-corrected chi connectivity index (χ3v) is 3.02. The van der Waals surface area contributed by atoms with Gasteiger partial charge in [0.15, 0.2) is 0 Å². The Kier molecular flexibility index (Phi) is 3.55. The van der Waals surface area contributed by atoms with Crippen molar-refractivity contribution in [1.82, 2.24) is 9.97 Å². The third-order valence-electron chi connectivity index (χ3n) is 3.02. The van der Waals surface area contributed by atoms with Gasteiger partial charge in [0, 0.05) is 5.56 Å². The van der Waals surface area contributed by atoms with Crippen LogP contribution in [-0.2, 0) is 4.79 Å². The summed E-state index contributed by atoms with van der Waals surface area (Å²) in [5.41, 5.74) is 2.72. The number of hydrogen-bond donors (Lipinski definition) is 2. The molecule has 1 aromatic carbocycles. The zero-order valence-corrected chi connectivity index (χ0v) is 11.1. The van der Waals surface area contributed by atoms with Gasteiger partial charge in [0.05, 0.1) is 19.0 Å². The second-order valence-electron chi connectivity index (χ2n) is 4.45. The van der Waals surface area contributed by atoms with Gasteiger partial charge in [-0.1, -0.05) is 11.6 Å². The van der Waals surface area contributed by atoms with E-state index in [1.807, 2.05) is 25.1 Å². The van der Waals surface area contributed by atoms with Crippen LogP contribution in [0.3, 0.4) is 0 Å². The van der Waals surface area contributed by atoms with Crippen LogP contribution in [-0.4, -0.2) is 28.2 Å². The first-order valence-electron chi connectivity index (χ1n) is 5.95. The molecule has 0 spiro atoms. The first kappa shape index (κ1) is 13.1. The molecule has 0 aliphatic rings. The number of aromatic nitrogens is 2. The van der Waals surface area contributed by atoms with Crippen LogP contribution >= 0.6 is 0 Å². The highest BCUT2D eigenvalue weighted by atomic mass is 16.5. The van der Waals surface area contributed by atoms with Gasteiger partial charge in [-0.05, 0) is 26.0 Å². The predicted molar refractivity (Wildman–Crippen MR) is 71.4 cm³/mol. The molecule has 5 nitrogen and oxygen atoms in total. The topological polar surface area (TPSA) is 75.2 Å². The molecule has 5 heteroatoms. The van der Waals surface area contributed by atoms with Crippen LogP contribution in [0.4, 0.5) is 0 Å². The van der Waals surface area contributed by atoms with Crippen LogP contribution in [0.2, 0.25) is 0 Å². The van der Waals surface area contributed by atoms with Crippen LogP contribution in [0.15, 0.2) is 24.4 Å². The maximum atomic E-state index is 10.9. The molecule has 0 fully saturated rings. The fraction of sp³-hybridized carbons (Fsp3) is 0.286. The normalized spacial score (nSPS) is 12.2. The number of benzene rings is 1. The number of imidazole rings is 1. The van der Waals surface area contributed by atoms with Crippen molar-refractivity contribution in [2.75, 3.05) is 7.11 Å². The molecular formula is C14H16N2O3. The first-order valence-corrected chi connectivity index (χ1v) is 5.95. The van der Waals surface area contributed by atoms with Gasteiger partial charge in [0.25, 0.3) is 0 Å². The van der Waals surface area contributed by atoms with E-state index in [1.54, 1.807) is 20.2 Å². The number of carbonyl (C=O) groups is 1. The molecule has 2 N–H and O–H groups in total. The molecule has 100 valence electrons. The lowest BCUT2D eigenvalue weighted by Crippen LogP contribution is -2.08. The number of H-pyrrole nitrogens is 1. The van der Waals surface area contributed by atoms with Crippen molar-refractivity contribution < 1.29 is 14.6 Å². The maximum Gasteiger partial charge on any atom is 0.313 e. The van der Waals surface area contributed by atoms with E-state index < -0.39 is 11.9 Å². The van der Waals surface area contributed by atoms with Gasteiger partial charge in [-0.2, -0.15) is 0 Å². The molecule has 1 heterocycles. The van der Waals surface area contributed by atoms with E-state index in [2.05, 4.69) is 9.97 Å². The molecule has 1 unspecified atom stereocenters. The predicted octanol–water partition coefficient (Wildman–Crippen LogP) is 2.58. The fourth-order valence-electron chi connectivity index (χ4n) is 1.84. The van der Waals surface area contributed by atoms with Gasteiger partial charge in [-0.3, -0.25) is 4.79 Å². The van der Waals surface area contributed by atoms with Crippen LogP contribution in [0.5, 0.6) is 5.75 Å².